The summed E-state index contributed by atoms with van der Waals surface area (Å²) in [6, 6.07) is 7.87. The van der Waals surface area contributed by atoms with Crippen molar-refractivity contribution in [3.05, 3.63) is 35.9 Å². The zero-order chi connectivity index (χ0) is 14.9. The number of benzene rings is 1. The molecule has 0 unspecified atom stereocenters. The summed E-state index contributed by atoms with van der Waals surface area (Å²) < 4.78 is 5.55. The molecule has 1 fully saturated rings. The van der Waals surface area contributed by atoms with E-state index in [4.69, 9.17) is 4.74 Å². The minimum atomic E-state index is 0.128. The Bertz CT molecular complexity index is 457. The lowest BCUT2D eigenvalue weighted by atomic mass is 10.2. The molecule has 1 aliphatic rings. The van der Waals surface area contributed by atoms with Gasteiger partial charge in [-0.05, 0) is 43.0 Å². The zero-order valence-electron chi connectivity index (χ0n) is 12.9. The average molecular weight is 287 g/mol. The lowest BCUT2D eigenvalue weighted by Crippen LogP contribution is -2.30. The molecule has 0 bridgehead atoms. The summed E-state index contributed by atoms with van der Waals surface area (Å²) >= 11 is 0. The first-order valence-electron chi connectivity index (χ1n) is 7.99. The van der Waals surface area contributed by atoms with Gasteiger partial charge >= 0.3 is 0 Å². The Kier molecular flexibility index (Phi) is 6.32. The van der Waals surface area contributed by atoms with Gasteiger partial charge in [0.2, 0.25) is 5.91 Å². The van der Waals surface area contributed by atoms with Crippen LogP contribution in [-0.2, 0) is 4.79 Å². The van der Waals surface area contributed by atoms with Crippen molar-refractivity contribution in [1.29, 1.82) is 0 Å². The third-order valence-corrected chi connectivity index (χ3v) is 3.69. The van der Waals surface area contributed by atoms with Gasteiger partial charge in [0.1, 0.15) is 5.75 Å². The summed E-state index contributed by atoms with van der Waals surface area (Å²) in [5.74, 6) is 1.01. The summed E-state index contributed by atoms with van der Waals surface area (Å²) in [5, 5.41) is 0. The number of hydrogen-bond acceptors (Lipinski definition) is 2. The zero-order valence-corrected chi connectivity index (χ0v) is 12.9. The molecule has 1 amide bonds. The van der Waals surface area contributed by atoms with Gasteiger partial charge in [-0.2, -0.15) is 0 Å². The number of amides is 1. The van der Waals surface area contributed by atoms with E-state index in [9.17, 15) is 4.79 Å². The normalized spacial score (nSPS) is 16.0. The minimum Gasteiger partial charge on any atom is -0.494 e. The van der Waals surface area contributed by atoms with Crippen LogP contribution in [0.5, 0.6) is 5.75 Å². The van der Waals surface area contributed by atoms with Crippen LogP contribution in [0.1, 0.15) is 44.6 Å². The number of hydrogen-bond donors (Lipinski definition) is 0. The van der Waals surface area contributed by atoms with Crippen molar-refractivity contribution < 1.29 is 9.53 Å². The fraction of sp³-hybridized carbons (Fsp3) is 0.500. The van der Waals surface area contributed by atoms with Crippen molar-refractivity contribution in [3.8, 4) is 5.75 Å². The molecule has 114 valence electrons. The van der Waals surface area contributed by atoms with Crippen LogP contribution < -0.4 is 4.74 Å². The Hall–Kier alpha value is -1.77. The van der Waals surface area contributed by atoms with Gasteiger partial charge < -0.3 is 9.64 Å². The Morgan fingerprint density at radius 1 is 1.14 bits per heavy atom. The Balaban J connectivity index is 1.88. The summed E-state index contributed by atoms with van der Waals surface area (Å²) in [6.07, 6.45) is 9.32. The van der Waals surface area contributed by atoms with Crippen molar-refractivity contribution in [1.82, 2.24) is 4.90 Å². The monoisotopic (exact) mass is 287 g/mol. The maximum absolute atomic E-state index is 12.1. The molecule has 1 aromatic rings. The van der Waals surface area contributed by atoms with Crippen LogP contribution in [-0.4, -0.2) is 30.5 Å². The van der Waals surface area contributed by atoms with Crippen molar-refractivity contribution in [3.63, 3.8) is 0 Å². The largest absolute Gasteiger partial charge is 0.494 e. The second-order valence-electron chi connectivity index (χ2n) is 5.49. The number of likely N-dealkylation sites (tertiary alicyclic amines) is 1. The molecule has 0 radical (unpaired) electrons. The van der Waals surface area contributed by atoms with Crippen LogP contribution in [0.3, 0.4) is 0 Å². The van der Waals surface area contributed by atoms with Crippen molar-refractivity contribution in [2.45, 2.75) is 39.0 Å². The Labute approximate surface area is 127 Å². The molecule has 1 aliphatic heterocycles. The first kappa shape index (κ1) is 15.6. The average Bonchev–Trinajstić information content (AvgIpc) is 2.81. The van der Waals surface area contributed by atoms with Gasteiger partial charge in [0.05, 0.1) is 6.61 Å². The van der Waals surface area contributed by atoms with Crippen LogP contribution in [0.25, 0.3) is 6.08 Å². The van der Waals surface area contributed by atoms with E-state index in [-0.39, 0.29) is 5.91 Å². The van der Waals surface area contributed by atoms with E-state index in [1.807, 2.05) is 35.2 Å². The van der Waals surface area contributed by atoms with Gasteiger partial charge in [-0.3, -0.25) is 4.79 Å². The summed E-state index contributed by atoms with van der Waals surface area (Å²) in [6.45, 7) is 4.62. The fourth-order valence-corrected chi connectivity index (χ4v) is 2.46. The first-order valence-corrected chi connectivity index (χ1v) is 7.99. The second-order valence-corrected chi connectivity index (χ2v) is 5.49. The fourth-order valence-electron chi connectivity index (χ4n) is 2.46. The van der Waals surface area contributed by atoms with Gasteiger partial charge in [0, 0.05) is 19.2 Å². The molecule has 1 heterocycles. The number of carbonyl (C=O) groups is 1. The van der Waals surface area contributed by atoms with Gasteiger partial charge in [0.25, 0.3) is 0 Å². The van der Waals surface area contributed by atoms with E-state index in [1.165, 1.54) is 12.8 Å². The molecular weight excluding hydrogens is 262 g/mol. The molecule has 21 heavy (non-hydrogen) atoms. The number of nitrogens with zero attached hydrogens (tertiary/aromatic N) is 1. The lowest BCUT2D eigenvalue weighted by Gasteiger charge is -2.17. The highest BCUT2D eigenvalue weighted by Crippen LogP contribution is 2.14. The van der Waals surface area contributed by atoms with Crippen molar-refractivity contribution in [2.24, 2.45) is 0 Å². The van der Waals surface area contributed by atoms with Gasteiger partial charge in [0.15, 0.2) is 0 Å². The third kappa shape index (κ3) is 5.25. The molecule has 0 N–H and O–H groups in total. The molecule has 1 aromatic carbocycles. The molecule has 3 heteroatoms. The molecule has 3 nitrogen and oxygen atoms in total. The summed E-state index contributed by atoms with van der Waals surface area (Å²) in [5.41, 5.74) is 1.03. The second kappa shape index (κ2) is 8.50. The van der Waals surface area contributed by atoms with Gasteiger partial charge in [-0.15, -0.1) is 0 Å². The van der Waals surface area contributed by atoms with Crippen LogP contribution >= 0.6 is 0 Å². The van der Waals surface area contributed by atoms with E-state index in [0.717, 1.165) is 50.3 Å². The Morgan fingerprint density at radius 2 is 1.81 bits per heavy atom. The van der Waals surface area contributed by atoms with E-state index >= 15 is 0 Å². The van der Waals surface area contributed by atoms with Crippen LogP contribution in [0.2, 0.25) is 0 Å². The highest BCUT2D eigenvalue weighted by molar-refractivity contribution is 5.91. The Morgan fingerprint density at radius 3 is 2.43 bits per heavy atom. The maximum Gasteiger partial charge on any atom is 0.246 e. The van der Waals surface area contributed by atoms with E-state index < -0.39 is 0 Å². The highest BCUT2D eigenvalue weighted by atomic mass is 16.5. The molecule has 0 atom stereocenters. The molecule has 2 rings (SSSR count). The third-order valence-electron chi connectivity index (χ3n) is 3.69. The molecule has 0 spiro atoms. The predicted octanol–water partition coefficient (Wildman–Crippen LogP) is 3.89. The predicted molar refractivity (Wildman–Crippen MR) is 86.3 cm³/mol. The van der Waals surface area contributed by atoms with Crippen molar-refractivity contribution >= 4 is 12.0 Å². The topological polar surface area (TPSA) is 29.5 Å². The van der Waals surface area contributed by atoms with E-state index in [1.54, 1.807) is 6.08 Å². The summed E-state index contributed by atoms with van der Waals surface area (Å²) in [4.78, 5) is 14.1. The number of ether oxygens (including phenoxy) is 1. The van der Waals surface area contributed by atoms with Crippen LogP contribution in [0.15, 0.2) is 30.3 Å². The van der Waals surface area contributed by atoms with Crippen LogP contribution in [0, 0.1) is 0 Å². The molecule has 0 aliphatic carbocycles. The van der Waals surface area contributed by atoms with Crippen LogP contribution in [0.4, 0.5) is 0 Å². The molecular formula is C18H25NO2. The highest BCUT2D eigenvalue weighted by Gasteiger charge is 2.12. The number of carbonyl (C=O) groups excluding carboxylic acids is 1. The quantitative estimate of drug-likeness (QED) is 0.769. The van der Waals surface area contributed by atoms with E-state index in [0.29, 0.717) is 0 Å². The number of rotatable bonds is 5. The smallest absolute Gasteiger partial charge is 0.246 e. The summed E-state index contributed by atoms with van der Waals surface area (Å²) in [7, 11) is 0. The lowest BCUT2D eigenvalue weighted by molar-refractivity contribution is -0.125. The van der Waals surface area contributed by atoms with Gasteiger partial charge in [-0.25, -0.2) is 0 Å². The minimum absolute atomic E-state index is 0.128. The molecule has 0 saturated carbocycles. The standard InChI is InChI=1S/C18H25NO2/c1-2-15-21-17-10-7-16(8-11-17)9-12-18(20)19-13-5-3-4-6-14-19/h7-12H,2-6,13-15H2,1H3/b12-9+. The SMILES string of the molecule is CCCOc1ccc(/C=C/C(=O)N2CCCCCC2)cc1. The van der Waals surface area contributed by atoms with Crippen molar-refractivity contribution in [2.75, 3.05) is 19.7 Å². The van der Waals surface area contributed by atoms with E-state index in [2.05, 4.69) is 6.92 Å². The molecule has 1 saturated heterocycles. The first-order chi connectivity index (χ1) is 10.3. The van der Waals surface area contributed by atoms with Gasteiger partial charge in [-0.1, -0.05) is 31.9 Å². The maximum atomic E-state index is 12.1. The molecule has 0 aromatic heterocycles.